The van der Waals surface area contributed by atoms with Crippen molar-refractivity contribution in [1.29, 1.82) is 0 Å². The lowest BCUT2D eigenvalue weighted by Gasteiger charge is -2.30. The summed E-state index contributed by atoms with van der Waals surface area (Å²) in [6.07, 6.45) is 11.9. The number of rotatable bonds is 13. The Bertz CT molecular complexity index is 883. The molecule has 1 aromatic carbocycles. The molecule has 35 heavy (non-hydrogen) atoms. The fraction of sp³-hybridized carbons (Fsp3) is 0.552. The molecule has 1 aromatic heterocycles. The molecule has 2 amide bonds. The monoisotopic (exact) mass is 479 g/mol. The van der Waals surface area contributed by atoms with E-state index < -0.39 is 18.1 Å². The lowest BCUT2D eigenvalue weighted by atomic mass is 9.79. The fourth-order valence-electron chi connectivity index (χ4n) is 4.95. The summed E-state index contributed by atoms with van der Waals surface area (Å²) in [5.41, 5.74) is 2.09. The molecule has 2 aromatic rings. The molecule has 1 aliphatic carbocycles. The summed E-state index contributed by atoms with van der Waals surface area (Å²) < 4.78 is 0. The van der Waals surface area contributed by atoms with Crippen molar-refractivity contribution < 1.29 is 14.7 Å². The number of hydrogen-bond acceptors (Lipinski definition) is 4. The van der Waals surface area contributed by atoms with Crippen molar-refractivity contribution in [1.82, 2.24) is 15.6 Å². The highest BCUT2D eigenvalue weighted by molar-refractivity contribution is 5.84. The van der Waals surface area contributed by atoms with E-state index in [2.05, 4.69) is 22.5 Å². The van der Waals surface area contributed by atoms with Gasteiger partial charge in [0.25, 0.3) is 5.91 Å². The first-order chi connectivity index (χ1) is 17.1. The third-order valence-corrected chi connectivity index (χ3v) is 7.12. The summed E-state index contributed by atoms with van der Waals surface area (Å²) in [6, 6.07) is 12.9. The minimum atomic E-state index is -1.31. The van der Waals surface area contributed by atoms with Crippen LogP contribution in [0.5, 0.6) is 0 Å². The van der Waals surface area contributed by atoms with E-state index in [0.717, 1.165) is 55.6 Å². The van der Waals surface area contributed by atoms with Crippen LogP contribution < -0.4 is 10.6 Å². The number of benzene rings is 1. The summed E-state index contributed by atoms with van der Waals surface area (Å²) in [7, 11) is 0. The van der Waals surface area contributed by atoms with Gasteiger partial charge in [-0.15, -0.1) is 0 Å². The molecule has 0 aliphatic heterocycles. The first kappa shape index (κ1) is 26.9. The summed E-state index contributed by atoms with van der Waals surface area (Å²) in [5, 5.41) is 16.8. The van der Waals surface area contributed by atoms with Crippen molar-refractivity contribution in [3.63, 3.8) is 0 Å². The van der Waals surface area contributed by atoms with Crippen LogP contribution in [0.1, 0.15) is 69.4 Å². The van der Waals surface area contributed by atoms with E-state index in [-0.39, 0.29) is 11.8 Å². The van der Waals surface area contributed by atoms with Gasteiger partial charge in [0.05, 0.1) is 6.04 Å². The van der Waals surface area contributed by atoms with Crippen molar-refractivity contribution >= 4 is 11.8 Å². The molecule has 1 heterocycles. The third kappa shape index (κ3) is 9.10. The smallest absolute Gasteiger partial charge is 0.251 e. The van der Waals surface area contributed by atoms with E-state index in [4.69, 9.17) is 0 Å². The maximum Gasteiger partial charge on any atom is 0.251 e. The molecular formula is C29H41N3O3. The largest absolute Gasteiger partial charge is 0.381 e. The molecular weight excluding hydrogens is 438 g/mol. The van der Waals surface area contributed by atoms with Gasteiger partial charge in [0.2, 0.25) is 5.91 Å². The van der Waals surface area contributed by atoms with Crippen LogP contribution in [-0.4, -0.2) is 40.6 Å². The van der Waals surface area contributed by atoms with Crippen LogP contribution in [0.2, 0.25) is 0 Å². The average Bonchev–Trinajstić information content (AvgIpc) is 2.90. The average molecular weight is 480 g/mol. The number of aliphatic hydroxyl groups is 1. The van der Waals surface area contributed by atoms with Crippen LogP contribution >= 0.6 is 0 Å². The number of aromatic nitrogens is 1. The van der Waals surface area contributed by atoms with Gasteiger partial charge in [-0.25, -0.2) is 0 Å². The molecule has 1 saturated carbocycles. The van der Waals surface area contributed by atoms with Crippen molar-refractivity contribution in [2.45, 2.75) is 83.3 Å². The predicted octanol–water partition coefficient (Wildman–Crippen LogP) is 4.22. The van der Waals surface area contributed by atoms with E-state index in [9.17, 15) is 14.7 Å². The SMILES string of the molecule is CCCCC1CCC(C(=O)N[C@@H](Cc2ccccc2)[C@H](O)C(=O)NCCCc2cccnc2)CC1. The van der Waals surface area contributed by atoms with Crippen LogP contribution in [0.15, 0.2) is 54.9 Å². The Balaban J connectivity index is 1.53. The molecule has 0 radical (unpaired) electrons. The minimum Gasteiger partial charge on any atom is -0.381 e. The number of aliphatic hydroxyl groups excluding tert-OH is 1. The summed E-state index contributed by atoms with van der Waals surface area (Å²) >= 11 is 0. The molecule has 6 heteroatoms. The van der Waals surface area contributed by atoms with E-state index in [1.165, 1.54) is 19.3 Å². The molecule has 1 aliphatic rings. The Morgan fingerprint density at radius 3 is 2.46 bits per heavy atom. The van der Waals surface area contributed by atoms with Crippen molar-refractivity contribution in [3.05, 3.63) is 66.0 Å². The van der Waals surface area contributed by atoms with Gasteiger partial charge in [-0.1, -0.05) is 62.6 Å². The van der Waals surface area contributed by atoms with E-state index in [1.54, 1.807) is 6.20 Å². The van der Waals surface area contributed by atoms with Crippen molar-refractivity contribution in [2.75, 3.05) is 6.54 Å². The van der Waals surface area contributed by atoms with Crippen molar-refractivity contribution in [3.8, 4) is 0 Å². The standard InChI is InChI=1S/C29H41N3O3/c1-2-3-9-22-14-16-25(17-15-22)28(34)32-26(20-23-10-5-4-6-11-23)27(33)29(35)31-19-8-13-24-12-7-18-30-21-24/h4-7,10-12,18,21-22,25-27,33H,2-3,8-9,13-17,19-20H2,1H3,(H,31,35)(H,32,34)/t22?,25?,26-,27-/m0/s1. The molecule has 0 unspecified atom stereocenters. The van der Waals surface area contributed by atoms with E-state index in [0.29, 0.717) is 13.0 Å². The summed E-state index contributed by atoms with van der Waals surface area (Å²) in [5.74, 6) is 0.201. The van der Waals surface area contributed by atoms with Gasteiger partial charge >= 0.3 is 0 Å². The molecule has 3 rings (SSSR count). The van der Waals surface area contributed by atoms with Crippen LogP contribution in [-0.2, 0) is 22.4 Å². The van der Waals surface area contributed by atoms with Gasteiger partial charge < -0.3 is 15.7 Å². The number of carbonyl (C=O) groups is 2. The van der Waals surface area contributed by atoms with Crippen LogP contribution in [0.3, 0.4) is 0 Å². The molecule has 2 atom stereocenters. The van der Waals surface area contributed by atoms with Crippen LogP contribution in [0, 0.1) is 11.8 Å². The second-order valence-corrected chi connectivity index (χ2v) is 9.87. The van der Waals surface area contributed by atoms with Gasteiger partial charge in [-0.05, 0) is 68.1 Å². The normalized spacial score (nSPS) is 19.5. The first-order valence-electron chi connectivity index (χ1n) is 13.3. The zero-order valence-electron chi connectivity index (χ0n) is 21.0. The topological polar surface area (TPSA) is 91.3 Å². The molecule has 6 nitrogen and oxygen atoms in total. The first-order valence-corrected chi connectivity index (χ1v) is 13.3. The Labute approximate surface area is 209 Å². The molecule has 0 spiro atoms. The van der Waals surface area contributed by atoms with E-state index in [1.807, 2.05) is 48.7 Å². The number of hydrogen-bond donors (Lipinski definition) is 3. The maximum absolute atomic E-state index is 13.1. The Morgan fingerprint density at radius 2 is 1.77 bits per heavy atom. The van der Waals surface area contributed by atoms with Crippen LogP contribution in [0.4, 0.5) is 0 Å². The Morgan fingerprint density at radius 1 is 1.03 bits per heavy atom. The summed E-state index contributed by atoms with van der Waals surface area (Å²) in [6.45, 7) is 2.67. The van der Waals surface area contributed by atoms with Gasteiger partial charge in [-0.3, -0.25) is 14.6 Å². The lowest BCUT2D eigenvalue weighted by molar-refractivity contribution is -0.133. The second kappa shape index (κ2) is 14.6. The number of aryl methyl sites for hydroxylation is 1. The number of nitrogens with one attached hydrogen (secondary N) is 2. The number of nitrogens with zero attached hydrogens (tertiary/aromatic N) is 1. The molecule has 190 valence electrons. The van der Waals surface area contributed by atoms with Crippen molar-refractivity contribution in [2.24, 2.45) is 11.8 Å². The van der Waals surface area contributed by atoms with Gasteiger partial charge in [0.15, 0.2) is 6.10 Å². The quantitative estimate of drug-likeness (QED) is 0.375. The Hall–Kier alpha value is -2.73. The second-order valence-electron chi connectivity index (χ2n) is 9.87. The highest BCUT2D eigenvalue weighted by Crippen LogP contribution is 2.32. The Kier molecular flexibility index (Phi) is 11.2. The number of carbonyl (C=O) groups excluding carboxylic acids is 2. The minimum absolute atomic E-state index is 0.0386. The fourth-order valence-corrected chi connectivity index (χ4v) is 4.95. The molecule has 0 saturated heterocycles. The highest BCUT2D eigenvalue weighted by atomic mass is 16.3. The highest BCUT2D eigenvalue weighted by Gasteiger charge is 2.32. The zero-order chi connectivity index (χ0) is 24.9. The molecule has 1 fully saturated rings. The molecule has 0 bridgehead atoms. The zero-order valence-corrected chi connectivity index (χ0v) is 21.0. The van der Waals surface area contributed by atoms with Gasteiger partial charge in [-0.2, -0.15) is 0 Å². The lowest BCUT2D eigenvalue weighted by Crippen LogP contribution is -2.53. The molecule has 3 N–H and O–H groups in total. The number of unbranched alkanes of at least 4 members (excludes halogenated alkanes) is 1. The number of amides is 2. The summed E-state index contributed by atoms with van der Waals surface area (Å²) in [4.78, 5) is 30.0. The predicted molar refractivity (Wildman–Crippen MR) is 139 cm³/mol. The maximum atomic E-state index is 13.1. The van der Waals surface area contributed by atoms with Gasteiger partial charge in [0.1, 0.15) is 0 Å². The van der Waals surface area contributed by atoms with Crippen LogP contribution in [0.25, 0.3) is 0 Å². The number of pyridine rings is 1. The third-order valence-electron chi connectivity index (χ3n) is 7.12. The van der Waals surface area contributed by atoms with E-state index >= 15 is 0 Å². The van der Waals surface area contributed by atoms with Gasteiger partial charge in [0, 0.05) is 24.9 Å².